The molecule has 2 N–H and O–H groups in total. The highest BCUT2D eigenvalue weighted by atomic mass is 16.5. The van der Waals surface area contributed by atoms with E-state index in [2.05, 4.69) is 19.9 Å². The first kappa shape index (κ1) is 18.8. The lowest BCUT2D eigenvalue weighted by Crippen LogP contribution is -2.24. The van der Waals surface area contributed by atoms with E-state index < -0.39 is 23.4 Å². The van der Waals surface area contributed by atoms with Crippen molar-refractivity contribution in [3.63, 3.8) is 0 Å². The summed E-state index contributed by atoms with van der Waals surface area (Å²) in [6.45, 7) is 0. The van der Waals surface area contributed by atoms with E-state index in [1.807, 2.05) is 0 Å². The van der Waals surface area contributed by atoms with Gasteiger partial charge < -0.3 is 19.9 Å². The Balaban J connectivity index is 2.45. The zero-order chi connectivity index (χ0) is 20.4. The highest BCUT2D eigenvalue weighted by molar-refractivity contribution is 6.43. The molecule has 0 aliphatic carbocycles. The number of hydrogen-bond donors (Lipinski definition) is 1. The molecule has 2 heterocycles. The van der Waals surface area contributed by atoms with Gasteiger partial charge in [-0.25, -0.2) is 19.0 Å². The number of carbonyl (C=O) groups excluding carboxylic acids is 3. The van der Waals surface area contributed by atoms with Gasteiger partial charge in [0.05, 0.1) is 32.6 Å². The number of nitrogens with zero attached hydrogens (tertiary/aromatic N) is 4. The van der Waals surface area contributed by atoms with E-state index in [0.717, 1.165) is 14.2 Å². The number of fused-ring (bicyclic) bond motifs is 1. The van der Waals surface area contributed by atoms with Crippen LogP contribution in [0.1, 0.15) is 20.8 Å². The lowest BCUT2D eigenvalue weighted by Gasteiger charge is -2.14. The van der Waals surface area contributed by atoms with Crippen molar-refractivity contribution in [2.45, 2.75) is 0 Å². The predicted molar refractivity (Wildman–Crippen MR) is 94.9 cm³/mol. The van der Waals surface area contributed by atoms with Gasteiger partial charge in [-0.15, -0.1) is 10.2 Å². The first-order valence-electron chi connectivity index (χ1n) is 7.82. The standard InChI is InChI=1S/C17H15N5O6/c1-26-9-6-4-8(5-7-9)12-10(13(23)15(25)28-3)11(14(24)27-2)19-17-21-20-16(18)22(12)17/h4-7H,1-3H3,(H2,18,20). The summed E-state index contributed by atoms with van der Waals surface area (Å²) in [7, 11) is 3.66. The molecule has 0 aliphatic rings. The molecule has 0 amide bonds. The van der Waals surface area contributed by atoms with Crippen LogP contribution in [0.4, 0.5) is 5.95 Å². The molecule has 3 aromatic rings. The summed E-state index contributed by atoms with van der Waals surface area (Å²) >= 11 is 0. The Labute approximate surface area is 158 Å². The van der Waals surface area contributed by atoms with Crippen molar-refractivity contribution in [3.8, 4) is 17.0 Å². The van der Waals surface area contributed by atoms with Crippen LogP contribution in [0.2, 0.25) is 0 Å². The summed E-state index contributed by atoms with van der Waals surface area (Å²) in [6.07, 6.45) is 0. The molecule has 11 nitrogen and oxygen atoms in total. The fourth-order valence-electron chi connectivity index (χ4n) is 2.63. The molecule has 0 saturated carbocycles. The molecule has 0 fully saturated rings. The minimum Gasteiger partial charge on any atom is -0.497 e. The molecule has 0 atom stereocenters. The van der Waals surface area contributed by atoms with E-state index in [1.54, 1.807) is 24.3 Å². The molecule has 28 heavy (non-hydrogen) atoms. The molecule has 1 aromatic carbocycles. The second-order valence-corrected chi connectivity index (χ2v) is 5.42. The zero-order valence-electron chi connectivity index (χ0n) is 15.1. The maximum absolute atomic E-state index is 12.8. The van der Waals surface area contributed by atoms with Gasteiger partial charge in [-0.2, -0.15) is 0 Å². The third-order valence-electron chi connectivity index (χ3n) is 3.92. The van der Waals surface area contributed by atoms with Crippen LogP contribution in [0, 0.1) is 0 Å². The number of nitrogen functional groups attached to an aromatic ring is 1. The second kappa shape index (κ2) is 7.31. The molecule has 3 rings (SSSR count). The Morgan fingerprint density at radius 2 is 1.68 bits per heavy atom. The molecule has 0 saturated heterocycles. The third-order valence-corrected chi connectivity index (χ3v) is 3.92. The van der Waals surface area contributed by atoms with Crippen LogP contribution in [-0.2, 0) is 14.3 Å². The fourth-order valence-corrected chi connectivity index (χ4v) is 2.63. The number of hydrogen-bond acceptors (Lipinski definition) is 10. The quantitative estimate of drug-likeness (QED) is 0.374. The normalized spacial score (nSPS) is 10.5. The van der Waals surface area contributed by atoms with Gasteiger partial charge in [-0.05, 0) is 29.8 Å². The molecular formula is C17H15N5O6. The Bertz CT molecular complexity index is 1090. The SMILES string of the molecule is COC(=O)C(=O)c1c(C(=O)OC)nc2nnc(N)n2c1-c1ccc(OC)cc1. The average molecular weight is 385 g/mol. The minimum atomic E-state index is -1.19. The summed E-state index contributed by atoms with van der Waals surface area (Å²) in [5.74, 6) is -2.82. The van der Waals surface area contributed by atoms with E-state index in [9.17, 15) is 14.4 Å². The second-order valence-electron chi connectivity index (χ2n) is 5.42. The van der Waals surface area contributed by atoms with Gasteiger partial charge in [0.25, 0.3) is 11.6 Å². The number of nitrogens with two attached hydrogens (primary N) is 1. The van der Waals surface area contributed by atoms with E-state index in [4.69, 9.17) is 15.2 Å². The number of aromatic nitrogens is 4. The minimum absolute atomic E-state index is 0.0508. The van der Waals surface area contributed by atoms with Gasteiger partial charge in [0, 0.05) is 0 Å². The van der Waals surface area contributed by atoms with Crippen LogP contribution in [0.3, 0.4) is 0 Å². The van der Waals surface area contributed by atoms with Crippen molar-refractivity contribution in [3.05, 3.63) is 35.5 Å². The predicted octanol–water partition coefficient (Wildman–Crippen LogP) is 0.524. The van der Waals surface area contributed by atoms with E-state index in [0.29, 0.717) is 11.3 Å². The molecule has 0 unspecified atom stereocenters. The van der Waals surface area contributed by atoms with Crippen molar-refractivity contribution in [2.75, 3.05) is 27.1 Å². The highest BCUT2D eigenvalue weighted by Gasteiger charge is 2.32. The monoisotopic (exact) mass is 385 g/mol. The van der Waals surface area contributed by atoms with Crippen molar-refractivity contribution >= 4 is 29.4 Å². The average Bonchev–Trinajstić information content (AvgIpc) is 3.11. The number of rotatable bonds is 5. The van der Waals surface area contributed by atoms with Gasteiger partial charge >= 0.3 is 11.9 Å². The number of Topliss-reactive ketones (excluding diaryl/α,β-unsaturated/α-hetero) is 1. The van der Waals surface area contributed by atoms with E-state index >= 15 is 0 Å². The number of ketones is 1. The molecular weight excluding hydrogens is 370 g/mol. The number of benzene rings is 1. The van der Waals surface area contributed by atoms with Crippen LogP contribution in [0.15, 0.2) is 24.3 Å². The van der Waals surface area contributed by atoms with Crippen LogP contribution in [0.25, 0.3) is 17.0 Å². The first-order valence-corrected chi connectivity index (χ1v) is 7.82. The Hall–Kier alpha value is -4.02. The van der Waals surface area contributed by atoms with Gasteiger partial charge in [0.1, 0.15) is 5.75 Å². The van der Waals surface area contributed by atoms with E-state index in [1.165, 1.54) is 11.5 Å². The number of ether oxygens (including phenoxy) is 3. The smallest absolute Gasteiger partial charge is 0.379 e. The summed E-state index contributed by atoms with van der Waals surface area (Å²) in [4.78, 5) is 41.0. The summed E-state index contributed by atoms with van der Waals surface area (Å²) in [5.41, 5.74) is 5.65. The number of carbonyl (C=O) groups is 3. The van der Waals surface area contributed by atoms with E-state index in [-0.39, 0.29) is 23.0 Å². The molecule has 0 bridgehead atoms. The Morgan fingerprint density at radius 1 is 1.00 bits per heavy atom. The van der Waals surface area contributed by atoms with Crippen molar-refractivity contribution in [1.29, 1.82) is 0 Å². The molecule has 144 valence electrons. The number of methoxy groups -OCH3 is 3. The molecule has 2 aromatic heterocycles. The fraction of sp³-hybridized carbons (Fsp3) is 0.176. The van der Waals surface area contributed by atoms with Crippen LogP contribution >= 0.6 is 0 Å². The van der Waals surface area contributed by atoms with Crippen molar-refractivity contribution < 1.29 is 28.6 Å². The Kier molecular flexibility index (Phi) is 4.90. The summed E-state index contributed by atoms with van der Waals surface area (Å²) in [5, 5.41) is 7.53. The largest absolute Gasteiger partial charge is 0.497 e. The molecule has 0 aliphatic heterocycles. The highest BCUT2D eigenvalue weighted by Crippen LogP contribution is 2.30. The van der Waals surface area contributed by atoms with Gasteiger partial charge in [0.15, 0.2) is 5.69 Å². The summed E-state index contributed by atoms with van der Waals surface area (Å²) in [6, 6.07) is 6.49. The van der Waals surface area contributed by atoms with Gasteiger partial charge in [-0.3, -0.25) is 4.79 Å². The molecule has 11 heteroatoms. The number of anilines is 1. The number of esters is 2. The molecule has 0 radical (unpaired) electrons. The van der Waals surface area contributed by atoms with Gasteiger partial charge in [0.2, 0.25) is 5.95 Å². The third kappa shape index (κ3) is 2.98. The van der Waals surface area contributed by atoms with Crippen LogP contribution in [0.5, 0.6) is 5.75 Å². The maximum Gasteiger partial charge on any atom is 0.379 e. The lowest BCUT2D eigenvalue weighted by atomic mass is 10.00. The van der Waals surface area contributed by atoms with Crippen molar-refractivity contribution in [2.24, 2.45) is 0 Å². The first-order chi connectivity index (χ1) is 13.4. The molecule has 0 spiro atoms. The van der Waals surface area contributed by atoms with Crippen LogP contribution < -0.4 is 10.5 Å². The zero-order valence-corrected chi connectivity index (χ0v) is 15.1. The van der Waals surface area contributed by atoms with Crippen molar-refractivity contribution in [1.82, 2.24) is 19.6 Å². The van der Waals surface area contributed by atoms with Crippen LogP contribution in [-0.4, -0.2) is 58.6 Å². The lowest BCUT2D eigenvalue weighted by molar-refractivity contribution is -0.135. The van der Waals surface area contributed by atoms with Gasteiger partial charge in [-0.1, -0.05) is 0 Å². The Morgan fingerprint density at radius 3 is 2.25 bits per heavy atom. The summed E-state index contributed by atoms with van der Waals surface area (Å²) < 4.78 is 15.6. The maximum atomic E-state index is 12.8. The topological polar surface area (TPSA) is 148 Å².